The Bertz CT molecular complexity index is 172. The molecule has 3 nitrogen and oxygen atoms in total. The number of hydrogen-bond donors (Lipinski definition) is 2. The summed E-state index contributed by atoms with van der Waals surface area (Å²) in [5, 5.41) is 0. The van der Waals surface area contributed by atoms with Crippen LogP contribution in [0.3, 0.4) is 0 Å². The molecule has 1 amide bonds. The lowest BCUT2D eigenvalue weighted by Gasteiger charge is -2.10. The highest BCUT2D eigenvalue weighted by molar-refractivity contribution is 5.77. The number of nitrogens with one attached hydrogen (secondary N) is 2. The molecule has 0 rings (SSSR count). The monoisotopic (exact) mass is 168 g/mol. The van der Waals surface area contributed by atoms with Gasteiger partial charge in [-0.15, -0.1) is 6.42 Å². The van der Waals surface area contributed by atoms with Gasteiger partial charge in [-0.2, -0.15) is 0 Å². The lowest BCUT2D eigenvalue weighted by molar-refractivity contribution is -0.125. The first-order chi connectivity index (χ1) is 5.72. The number of hydrazine groups is 1. The molecule has 1 atom stereocenters. The zero-order valence-electron chi connectivity index (χ0n) is 7.68. The molecule has 0 radical (unpaired) electrons. The number of hydrogen-bond acceptors (Lipinski definition) is 2. The van der Waals surface area contributed by atoms with Gasteiger partial charge in [0.1, 0.15) is 0 Å². The predicted octanol–water partition coefficient (Wildman–Crippen LogP) is 0.677. The topological polar surface area (TPSA) is 41.1 Å². The van der Waals surface area contributed by atoms with Crippen molar-refractivity contribution in [1.82, 2.24) is 10.9 Å². The minimum atomic E-state index is 0.00657. The van der Waals surface area contributed by atoms with Gasteiger partial charge < -0.3 is 0 Å². The Labute approximate surface area is 73.9 Å². The van der Waals surface area contributed by atoms with E-state index < -0.39 is 0 Å². The summed E-state index contributed by atoms with van der Waals surface area (Å²) >= 11 is 0. The average Bonchev–Trinajstić information content (AvgIpc) is 2.05. The van der Waals surface area contributed by atoms with Crippen LogP contribution < -0.4 is 10.9 Å². The highest BCUT2D eigenvalue weighted by atomic mass is 16.2. The standard InChI is InChI=1S/C9H16N2O/c1-4-6-8(3)9(12)11-10-7-5-2/h2,8,10H,4,6-7H2,1,3H3,(H,11,12). The quantitative estimate of drug-likeness (QED) is 0.360. The maximum absolute atomic E-state index is 11.2. The maximum Gasteiger partial charge on any atom is 0.236 e. The molecule has 3 heteroatoms. The van der Waals surface area contributed by atoms with E-state index in [2.05, 4.69) is 23.7 Å². The summed E-state index contributed by atoms with van der Waals surface area (Å²) in [5.74, 6) is 2.43. The van der Waals surface area contributed by atoms with Gasteiger partial charge in [-0.05, 0) is 6.42 Å². The van der Waals surface area contributed by atoms with Gasteiger partial charge in [-0.3, -0.25) is 10.2 Å². The fourth-order valence-electron chi connectivity index (χ4n) is 0.870. The number of amides is 1. The van der Waals surface area contributed by atoms with E-state index in [9.17, 15) is 4.79 Å². The van der Waals surface area contributed by atoms with Gasteiger partial charge in [-0.1, -0.05) is 26.2 Å². The maximum atomic E-state index is 11.2. The smallest absolute Gasteiger partial charge is 0.236 e. The van der Waals surface area contributed by atoms with Crippen molar-refractivity contribution in [3.63, 3.8) is 0 Å². The van der Waals surface area contributed by atoms with E-state index >= 15 is 0 Å². The van der Waals surface area contributed by atoms with Gasteiger partial charge in [0.15, 0.2) is 0 Å². The molecule has 68 valence electrons. The third kappa shape index (κ3) is 4.75. The highest BCUT2D eigenvalue weighted by Gasteiger charge is 2.09. The molecule has 0 heterocycles. The summed E-state index contributed by atoms with van der Waals surface area (Å²) < 4.78 is 0. The number of carbonyl (C=O) groups excluding carboxylic acids is 1. The SMILES string of the molecule is C#CCNNC(=O)C(C)CCC. The lowest BCUT2D eigenvalue weighted by Crippen LogP contribution is -2.40. The van der Waals surface area contributed by atoms with Crippen molar-refractivity contribution in [1.29, 1.82) is 0 Å². The van der Waals surface area contributed by atoms with Crippen LogP contribution in [0.25, 0.3) is 0 Å². The summed E-state index contributed by atoms with van der Waals surface area (Å²) in [7, 11) is 0. The average molecular weight is 168 g/mol. The molecular weight excluding hydrogens is 152 g/mol. The molecule has 2 N–H and O–H groups in total. The summed E-state index contributed by atoms with van der Waals surface area (Å²) in [5.41, 5.74) is 5.18. The van der Waals surface area contributed by atoms with Crippen LogP contribution in [0.1, 0.15) is 26.7 Å². The van der Waals surface area contributed by atoms with Crippen molar-refractivity contribution in [2.45, 2.75) is 26.7 Å². The van der Waals surface area contributed by atoms with Gasteiger partial charge in [-0.25, -0.2) is 5.43 Å². The Hall–Kier alpha value is -1.01. The van der Waals surface area contributed by atoms with Crippen molar-refractivity contribution in [2.24, 2.45) is 5.92 Å². The Balaban J connectivity index is 3.51. The summed E-state index contributed by atoms with van der Waals surface area (Å²) in [4.78, 5) is 11.2. The Morgan fingerprint density at radius 3 is 2.83 bits per heavy atom. The summed E-state index contributed by atoms with van der Waals surface area (Å²) in [6.07, 6.45) is 6.91. The van der Waals surface area contributed by atoms with E-state index in [-0.39, 0.29) is 11.8 Å². The molecule has 1 unspecified atom stereocenters. The molecular formula is C9H16N2O. The summed E-state index contributed by atoms with van der Waals surface area (Å²) in [6, 6.07) is 0. The van der Waals surface area contributed by atoms with Gasteiger partial charge in [0.2, 0.25) is 5.91 Å². The Morgan fingerprint density at radius 2 is 2.33 bits per heavy atom. The molecule has 0 bridgehead atoms. The molecule has 0 aromatic heterocycles. The molecule has 0 saturated heterocycles. The van der Waals surface area contributed by atoms with E-state index in [1.165, 1.54) is 0 Å². The Kier molecular flexibility index (Phi) is 6.12. The third-order valence-electron chi connectivity index (χ3n) is 1.57. The van der Waals surface area contributed by atoms with Crippen LogP contribution in [-0.4, -0.2) is 12.5 Å². The number of terminal acetylenes is 1. The zero-order chi connectivity index (χ0) is 9.40. The predicted molar refractivity (Wildman–Crippen MR) is 49.1 cm³/mol. The van der Waals surface area contributed by atoms with Crippen molar-refractivity contribution in [2.75, 3.05) is 6.54 Å². The molecule has 0 spiro atoms. The first kappa shape index (κ1) is 11.0. The normalized spacial score (nSPS) is 11.8. The van der Waals surface area contributed by atoms with Crippen molar-refractivity contribution < 1.29 is 4.79 Å². The van der Waals surface area contributed by atoms with E-state index in [4.69, 9.17) is 6.42 Å². The third-order valence-corrected chi connectivity index (χ3v) is 1.57. The fourth-order valence-corrected chi connectivity index (χ4v) is 0.870. The highest BCUT2D eigenvalue weighted by Crippen LogP contribution is 2.03. The van der Waals surface area contributed by atoms with Crippen LogP contribution in [0, 0.1) is 18.3 Å². The van der Waals surface area contributed by atoms with Gasteiger partial charge >= 0.3 is 0 Å². The van der Waals surface area contributed by atoms with E-state index in [0.29, 0.717) is 6.54 Å². The van der Waals surface area contributed by atoms with Crippen molar-refractivity contribution >= 4 is 5.91 Å². The molecule has 0 aromatic carbocycles. The second-order valence-electron chi connectivity index (χ2n) is 2.74. The molecule has 0 fully saturated rings. The lowest BCUT2D eigenvalue weighted by atomic mass is 10.1. The summed E-state index contributed by atoms with van der Waals surface area (Å²) in [6.45, 7) is 4.32. The van der Waals surface area contributed by atoms with E-state index in [0.717, 1.165) is 12.8 Å². The van der Waals surface area contributed by atoms with Crippen LogP contribution in [0.2, 0.25) is 0 Å². The zero-order valence-corrected chi connectivity index (χ0v) is 7.68. The van der Waals surface area contributed by atoms with Crippen molar-refractivity contribution in [3.8, 4) is 12.3 Å². The minimum Gasteiger partial charge on any atom is -0.290 e. The van der Waals surface area contributed by atoms with Crippen molar-refractivity contribution in [3.05, 3.63) is 0 Å². The molecule has 0 aromatic rings. The van der Waals surface area contributed by atoms with Crippen LogP contribution in [0.5, 0.6) is 0 Å². The van der Waals surface area contributed by atoms with E-state index in [1.54, 1.807) is 0 Å². The first-order valence-corrected chi connectivity index (χ1v) is 4.18. The van der Waals surface area contributed by atoms with Crippen LogP contribution in [0.15, 0.2) is 0 Å². The Morgan fingerprint density at radius 1 is 1.67 bits per heavy atom. The second-order valence-corrected chi connectivity index (χ2v) is 2.74. The molecule has 0 aliphatic rings. The first-order valence-electron chi connectivity index (χ1n) is 4.18. The minimum absolute atomic E-state index is 0.00657. The molecule has 0 aliphatic heterocycles. The molecule has 0 saturated carbocycles. The van der Waals surface area contributed by atoms with Crippen LogP contribution >= 0.6 is 0 Å². The van der Waals surface area contributed by atoms with Gasteiger partial charge in [0.25, 0.3) is 0 Å². The molecule has 12 heavy (non-hydrogen) atoms. The van der Waals surface area contributed by atoms with E-state index in [1.807, 2.05) is 6.92 Å². The van der Waals surface area contributed by atoms with Crippen LogP contribution in [-0.2, 0) is 4.79 Å². The number of carbonyl (C=O) groups is 1. The molecule has 0 aliphatic carbocycles. The number of rotatable bonds is 5. The fraction of sp³-hybridized carbons (Fsp3) is 0.667. The largest absolute Gasteiger partial charge is 0.290 e. The second kappa shape index (κ2) is 6.68. The van der Waals surface area contributed by atoms with Gasteiger partial charge in [0.05, 0.1) is 6.54 Å². The van der Waals surface area contributed by atoms with Crippen LogP contribution in [0.4, 0.5) is 0 Å². The van der Waals surface area contributed by atoms with Gasteiger partial charge in [0, 0.05) is 5.92 Å².